The molecular weight excluding hydrogens is 188 g/mol. The quantitative estimate of drug-likeness (QED) is 0.671. The van der Waals surface area contributed by atoms with E-state index in [1.54, 1.807) is 0 Å². The van der Waals surface area contributed by atoms with Crippen LogP contribution in [0.15, 0.2) is 18.5 Å². The zero-order valence-electron chi connectivity index (χ0n) is 9.88. The van der Waals surface area contributed by atoms with Gasteiger partial charge in [0.05, 0.1) is 6.10 Å². The van der Waals surface area contributed by atoms with E-state index in [1.165, 1.54) is 5.56 Å². The number of aromatic amines is 1. The van der Waals surface area contributed by atoms with Crippen molar-refractivity contribution < 1.29 is 5.11 Å². The summed E-state index contributed by atoms with van der Waals surface area (Å²) in [4.78, 5) is 3.02. The maximum absolute atomic E-state index is 9.68. The van der Waals surface area contributed by atoms with Crippen LogP contribution in [0.25, 0.3) is 0 Å². The van der Waals surface area contributed by atoms with Gasteiger partial charge >= 0.3 is 0 Å². The van der Waals surface area contributed by atoms with Crippen molar-refractivity contribution in [3.05, 3.63) is 24.0 Å². The minimum absolute atomic E-state index is 0.0314. The fourth-order valence-corrected chi connectivity index (χ4v) is 1.53. The number of hydrogen-bond acceptors (Lipinski definition) is 2. The van der Waals surface area contributed by atoms with Crippen LogP contribution in [0.1, 0.15) is 32.8 Å². The summed E-state index contributed by atoms with van der Waals surface area (Å²) in [6.07, 6.45) is 4.61. The Kier molecular flexibility index (Phi) is 4.36. The van der Waals surface area contributed by atoms with Crippen LogP contribution in [-0.4, -0.2) is 22.7 Å². The molecule has 2 unspecified atom stereocenters. The fraction of sp³-hybridized carbons (Fsp3) is 0.667. The van der Waals surface area contributed by atoms with Crippen molar-refractivity contribution in [3.63, 3.8) is 0 Å². The highest BCUT2D eigenvalue weighted by Crippen LogP contribution is 2.24. The van der Waals surface area contributed by atoms with Crippen molar-refractivity contribution in [3.8, 4) is 0 Å². The molecule has 3 nitrogen and oxygen atoms in total. The van der Waals surface area contributed by atoms with Gasteiger partial charge in [0.15, 0.2) is 0 Å². The largest absolute Gasteiger partial charge is 0.393 e. The van der Waals surface area contributed by atoms with Crippen LogP contribution in [0.2, 0.25) is 0 Å². The second-order valence-electron chi connectivity index (χ2n) is 4.51. The van der Waals surface area contributed by atoms with E-state index < -0.39 is 0 Å². The number of nitrogens with one attached hydrogen (secondary N) is 2. The zero-order valence-corrected chi connectivity index (χ0v) is 9.88. The maximum atomic E-state index is 9.68. The molecule has 0 amide bonds. The Morgan fingerprint density at radius 2 is 2.33 bits per heavy atom. The highest BCUT2D eigenvalue weighted by atomic mass is 16.3. The van der Waals surface area contributed by atoms with Gasteiger partial charge in [-0.15, -0.1) is 0 Å². The second-order valence-corrected chi connectivity index (χ2v) is 4.51. The van der Waals surface area contributed by atoms with E-state index in [2.05, 4.69) is 30.2 Å². The number of hydrogen-bond donors (Lipinski definition) is 3. The van der Waals surface area contributed by atoms with Crippen molar-refractivity contribution in [1.29, 1.82) is 0 Å². The van der Waals surface area contributed by atoms with Gasteiger partial charge in [0, 0.05) is 30.9 Å². The monoisotopic (exact) mass is 210 g/mol. The lowest BCUT2D eigenvalue weighted by Gasteiger charge is -2.31. The van der Waals surface area contributed by atoms with Crippen molar-refractivity contribution >= 4 is 0 Å². The molecule has 1 aromatic rings. The molecule has 15 heavy (non-hydrogen) atoms. The van der Waals surface area contributed by atoms with Gasteiger partial charge < -0.3 is 15.4 Å². The highest BCUT2D eigenvalue weighted by molar-refractivity contribution is 5.07. The Morgan fingerprint density at radius 3 is 2.80 bits per heavy atom. The molecule has 3 N–H and O–H groups in total. The molecule has 0 bridgehead atoms. The first-order valence-electron chi connectivity index (χ1n) is 5.59. The van der Waals surface area contributed by atoms with Gasteiger partial charge in [-0.25, -0.2) is 0 Å². The van der Waals surface area contributed by atoms with Crippen molar-refractivity contribution in [2.24, 2.45) is 5.41 Å². The molecule has 0 saturated heterocycles. The minimum atomic E-state index is -0.277. The highest BCUT2D eigenvalue weighted by Gasteiger charge is 2.27. The smallest absolute Gasteiger partial charge is 0.0577 e. The van der Waals surface area contributed by atoms with Crippen molar-refractivity contribution in [1.82, 2.24) is 10.3 Å². The standard InChI is InChI=1S/C12H22N2O/c1-4-12(3,10(2)15)9-14-8-11-5-6-13-7-11/h5-7,10,13-15H,4,8-9H2,1-3H3. The van der Waals surface area contributed by atoms with Crippen molar-refractivity contribution in [2.45, 2.75) is 39.8 Å². The predicted octanol–water partition coefficient (Wildman–Crippen LogP) is 1.90. The number of aromatic nitrogens is 1. The Balaban J connectivity index is 2.35. The second kappa shape index (κ2) is 5.33. The summed E-state index contributed by atoms with van der Waals surface area (Å²) in [6.45, 7) is 7.78. The van der Waals surface area contributed by atoms with Crippen LogP contribution < -0.4 is 5.32 Å². The SMILES string of the molecule is CCC(C)(CNCc1cc[nH]c1)C(C)O. The average Bonchev–Trinajstić information content (AvgIpc) is 2.70. The van der Waals surface area contributed by atoms with Gasteiger partial charge in [-0.05, 0) is 25.0 Å². The molecule has 3 heteroatoms. The predicted molar refractivity (Wildman–Crippen MR) is 62.6 cm³/mol. The summed E-state index contributed by atoms with van der Waals surface area (Å²) in [5.41, 5.74) is 1.22. The van der Waals surface area contributed by atoms with E-state index in [-0.39, 0.29) is 11.5 Å². The molecular formula is C12H22N2O. The van der Waals surface area contributed by atoms with Gasteiger partial charge in [-0.2, -0.15) is 0 Å². The van der Waals surface area contributed by atoms with Crippen LogP contribution in [0.3, 0.4) is 0 Å². The Bertz CT molecular complexity index is 269. The van der Waals surface area contributed by atoms with E-state index >= 15 is 0 Å². The Hall–Kier alpha value is -0.800. The molecule has 1 heterocycles. The number of aliphatic hydroxyl groups excluding tert-OH is 1. The topological polar surface area (TPSA) is 48.0 Å². The molecule has 2 atom stereocenters. The maximum Gasteiger partial charge on any atom is 0.0577 e. The van der Waals surface area contributed by atoms with E-state index in [9.17, 15) is 5.11 Å². The first-order valence-corrected chi connectivity index (χ1v) is 5.59. The molecule has 86 valence electrons. The normalized spacial score (nSPS) is 17.3. The van der Waals surface area contributed by atoms with Gasteiger partial charge in [0.1, 0.15) is 0 Å². The van der Waals surface area contributed by atoms with Gasteiger partial charge in [-0.3, -0.25) is 0 Å². The first kappa shape index (κ1) is 12.3. The first-order chi connectivity index (χ1) is 7.08. The fourth-order valence-electron chi connectivity index (χ4n) is 1.53. The van der Waals surface area contributed by atoms with Gasteiger partial charge in [-0.1, -0.05) is 13.8 Å². The van der Waals surface area contributed by atoms with Crippen LogP contribution in [0.5, 0.6) is 0 Å². The molecule has 0 aliphatic heterocycles. The summed E-state index contributed by atoms with van der Waals surface area (Å²) in [6, 6.07) is 2.05. The van der Waals surface area contributed by atoms with Gasteiger partial charge in [0.2, 0.25) is 0 Å². The lowest BCUT2D eigenvalue weighted by Crippen LogP contribution is -2.39. The third kappa shape index (κ3) is 3.36. The third-order valence-corrected chi connectivity index (χ3v) is 3.34. The lowest BCUT2D eigenvalue weighted by molar-refractivity contribution is 0.0489. The van der Waals surface area contributed by atoms with E-state index in [1.807, 2.05) is 19.3 Å². The summed E-state index contributed by atoms with van der Waals surface area (Å²) >= 11 is 0. The minimum Gasteiger partial charge on any atom is -0.393 e. The molecule has 0 spiro atoms. The van der Waals surface area contributed by atoms with E-state index in [0.29, 0.717) is 0 Å². The third-order valence-electron chi connectivity index (χ3n) is 3.34. The van der Waals surface area contributed by atoms with Crippen LogP contribution >= 0.6 is 0 Å². The number of H-pyrrole nitrogens is 1. The summed E-state index contributed by atoms with van der Waals surface area (Å²) in [7, 11) is 0. The van der Waals surface area contributed by atoms with Gasteiger partial charge in [0.25, 0.3) is 0 Å². The Morgan fingerprint density at radius 1 is 1.60 bits per heavy atom. The molecule has 1 aromatic heterocycles. The summed E-state index contributed by atoms with van der Waals surface area (Å²) in [5.74, 6) is 0. The average molecular weight is 210 g/mol. The van der Waals surface area contributed by atoms with Crippen LogP contribution in [0.4, 0.5) is 0 Å². The zero-order chi connectivity index (χ0) is 11.3. The molecule has 0 fully saturated rings. The van der Waals surface area contributed by atoms with Crippen LogP contribution in [0, 0.1) is 5.41 Å². The lowest BCUT2D eigenvalue weighted by atomic mass is 9.82. The summed E-state index contributed by atoms with van der Waals surface area (Å²) < 4.78 is 0. The van der Waals surface area contributed by atoms with Crippen molar-refractivity contribution in [2.75, 3.05) is 6.54 Å². The van der Waals surface area contributed by atoms with E-state index in [4.69, 9.17) is 0 Å². The van der Waals surface area contributed by atoms with E-state index in [0.717, 1.165) is 19.5 Å². The molecule has 0 aliphatic rings. The molecule has 0 aliphatic carbocycles. The number of aliphatic hydroxyl groups is 1. The molecule has 1 rings (SSSR count). The summed E-state index contributed by atoms with van der Waals surface area (Å²) in [5, 5.41) is 13.1. The molecule has 0 saturated carbocycles. The Labute approximate surface area is 91.9 Å². The van der Waals surface area contributed by atoms with Crippen LogP contribution in [-0.2, 0) is 6.54 Å². The molecule has 0 aromatic carbocycles. The number of rotatable bonds is 6. The molecule has 0 radical (unpaired) electrons.